The summed E-state index contributed by atoms with van der Waals surface area (Å²) >= 11 is 1.76. The number of piperazine rings is 1. The number of thioether (sulfide) groups is 1. The largest absolute Gasteiger partial charge is 0.497 e. The molecule has 27 heavy (non-hydrogen) atoms. The second-order valence-corrected chi connectivity index (χ2v) is 7.55. The van der Waals surface area contributed by atoms with Crippen molar-refractivity contribution in [1.29, 1.82) is 0 Å². The Morgan fingerprint density at radius 2 is 1.63 bits per heavy atom. The lowest BCUT2D eigenvalue weighted by Gasteiger charge is -2.32. The average Bonchev–Trinajstić information content (AvgIpc) is 2.74. The van der Waals surface area contributed by atoms with Gasteiger partial charge in [-0.05, 0) is 30.5 Å². The summed E-state index contributed by atoms with van der Waals surface area (Å²) in [6, 6.07) is 14.1. The molecule has 0 aromatic heterocycles. The molecule has 0 saturated carbocycles. The lowest BCUT2D eigenvalue weighted by atomic mass is 10.1. The van der Waals surface area contributed by atoms with Gasteiger partial charge >= 0.3 is 0 Å². The Balaban J connectivity index is 1.59. The van der Waals surface area contributed by atoms with Crippen LogP contribution in [0.4, 0.5) is 0 Å². The van der Waals surface area contributed by atoms with Crippen LogP contribution in [0.15, 0.2) is 47.4 Å². The van der Waals surface area contributed by atoms with E-state index in [1.165, 1.54) is 15.4 Å². The predicted molar refractivity (Wildman–Crippen MR) is 108 cm³/mol. The van der Waals surface area contributed by atoms with Crippen molar-refractivity contribution in [2.75, 3.05) is 46.7 Å². The van der Waals surface area contributed by atoms with Crippen molar-refractivity contribution in [2.45, 2.75) is 11.4 Å². The molecule has 2 aromatic rings. The molecule has 5 nitrogen and oxygen atoms in total. The van der Waals surface area contributed by atoms with E-state index in [-0.39, 0.29) is 5.91 Å². The van der Waals surface area contributed by atoms with Gasteiger partial charge in [-0.25, -0.2) is 0 Å². The fraction of sp³-hybridized carbons (Fsp3) is 0.381. The fourth-order valence-electron chi connectivity index (χ4n) is 3.35. The van der Waals surface area contributed by atoms with E-state index < -0.39 is 0 Å². The second-order valence-electron chi connectivity index (χ2n) is 6.67. The van der Waals surface area contributed by atoms with Gasteiger partial charge in [-0.15, -0.1) is 11.8 Å². The third-order valence-electron chi connectivity index (χ3n) is 4.97. The Labute approximate surface area is 165 Å². The molecule has 0 radical (unpaired) electrons. The minimum atomic E-state index is 0.0376. The molecule has 1 heterocycles. The van der Waals surface area contributed by atoms with E-state index in [1.54, 1.807) is 44.2 Å². The molecule has 0 spiro atoms. The van der Waals surface area contributed by atoms with Crippen molar-refractivity contribution >= 4 is 17.7 Å². The Bertz CT molecular complexity index is 749. The third-order valence-corrected chi connectivity index (χ3v) is 5.71. The Kier molecular flexibility index (Phi) is 6.63. The number of amides is 1. The lowest BCUT2D eigenvalue weighted by Crippen LogP contribution is -3.13. The molecule has 0 bridgehead atoms. The number of methoxy groups -OCH3 is 2. The molecule has 144 valence electrons. The minimum Gasteiger partial charge on any atom is -0.497 e. The number of hydrogen-bond donors (Lipinski definition) is 1. The number of carbonyl (C=O) groups excluding carboxylic acids is 1. The van der Waals surface area contributed by atoms with E-state index >= 15 is 0 Å². The van der Waals surface area contributed by atoms with E-state index in [1.807, 2.05) is 4.90 Å². The fourth-order valence-corrected chi connectivity index (χ4v) is 3.76. The number of ether oxygens (including phenoxy) is 2. The number of nitrogens with one attached hydrogen (secondary N) is 1. The summed E-state index contributed by atoms with van der Waals surface area (Å²) in [4.78, 5) is 17.6. The number of carbonyl (C=O) groups is 1. The Hall–Kier alpha value is -2.18. The highest BCUT2D eigenvalue weighted by Crippen LogP contribution is 2.23. The highest BCUT2D eigenvalue weighted by atomic mass is 32.2. The SMILES string of the molecule is COc1cc(OC)cc(C(=O)N2CC[NH+](Cc3ccc(SC)cc3)CC2)c1. The molecule has 0 atom stereocenters. The van der Waals surface area contributed by atoms with Gasteiger partial charge in [0.25, 0.3) is 5.91 Å². The van der Waals surface area contributed by atoms with Crippen molar-refractivity contribution in [3.8, 4) is 11.5 Å². The number of quaternary nitrogens is 1. The van der Waals surface area contributed by atoms with Crippen LogP contribution in [0.1, 0.15) is 15.9 Å². The zero-order valence-electron chi connectivity index (χ0n) is 16.2. The van der Waals surface area contributed by atoms with Crippen LogP contribution in [-0.2, 0) is 6.54 Å². The highest BCUT2D eigenvalue weighted by Gasteiger charge is 2.25. The van der Waals surface area contributed by atoms with Crippen LogP contribution in [0, 0.1) is 0 Å². The third kappa shape index (κ3) is 4.96. The van der Waals surface area contributed by atoms with Crippen molar-refractivity contribution in [2.24, 2.45) is 0 Å². The summed E-state index contributed by atoms with van der Waals surface area (Å²) < 4.78 is 10.6. The first-order valence-corrected chi connectivity index (χ1v) is 10.3. The molecule has 6 heteroatoms. The molecule has 1 fully saturated rings. The normalized spacial score (nSPS) is 14.9. The number of hydrogen-bond acceptors (Lipinski definition) is 4. The first-order valence-electron chi connectivity index (χ1n) is 9.11. The van der Waals surface area contributed by atoms with Gasteiger partial charge in [0, 0.05) is 22.1 Å². The van der Waals surface area contributed by atoms with Gasteiger partial charge in [0.05, 0.1) is 40.4 Å². The first-order chi connectivity index (χ1) is 13.1. The van der Waals surface area contributed by atoms with E-state index in [4.69, 9.17) is 9.47 Å². The van der Waals surface area contributed by atoms with Crippen LogP contribution in [0.2, 0.25) is 0 Å². The van der Waals surface area contributed by atoms with Gasteiger partial charge in [0.15, 0.2) is 0 Å². The number of rotatable bonds is 6. The quantitative estimate of drug-likeness (QED) is 0.770. The maximum absolute atomic E-state index is 12.9. The molecule has 1 aliphatic heterocycles. The summed E-state index contributed by atoms with van der Waals surface area (Å²) in [5, 5.41) is 0. The molecule has 2 aromatic carbocycles. The van der Waals surface area contributed by atoms with Gasteiger partial charge in [-0.1, -0.05) is 12.1 Å². The molecule has 0 unspecified atom stereocenters. The standard InChI is InChI=1S/C21H26N2O3S/c1-25-18-12-17(13-19(14-18)26-2)21(24)23-10-8-22(9-11-23)15-16-4-6-20(27-3)7-5-16/h4-7,12-14H,8-11,15H2,1-3H3/p+1. The van der Waals surface area contributed by atoms with Crippen molar-refractivity contribution in [3.63, 3.8) is 0 Å². The summed E-state index contributed by atoms with van der Waals surface area (Å²) in [5.41, 5.74) is 1.96. The molecular formula is C21H27N2O3S+. The van der Waals surface area contributed by atoms with E-state index in [0.717, 1.165) is 32.7 Å². The van der Waals surface area contributed by atoms with Crippen molar-refractivity contribution in [1.82, 2.24) is 4.90 Å². The summed E-state index contributed by atoms with van der Waals surface area (Å²) in [6.45, 7) is 4.44. The minimum absolute atomic E-state index is 0.0376. The van der Waals surface area contributed by atoms with Gasteiger partial charge in [-0.2, -0.15) is 0 Å². The molecule has 1 N–H and O–H groups in total. The smallest absolute Gasteiger partial charge is 0.254 e. The predicted octanol–water partition coefficient (Wildman–Crippen LogP) is 1.97. The maximum atomic E-state index is 12.9. The second kappa shape index (κ2) is 9.15. The Morgan fingerprint density at radius 3 is 2.15 bits per heavy atom. The Morgan fingerprint density at radius 1 is 1.04 bits per heavy atom. The topological polar surface area (TPSA) is 43.2 Å². The maximum Gasteiger partial charge on any atom is 0.254 e. The molecule has 1 amide bonds. The van der Waals surface area contributed by atoms with Gasteiger partial charge in [0.1, 0.15) is 18.0 Å². The van der Waals surface area contributed by atoms with Crippen molar-refractivity contribution in [3.05, 3.63) is 53.6 Å². The monoisotopic (exact) mass is 387 g/mol. The molecular weight excluding hydrogens is 360 g/mol. The number of benzene rings is 2. The number of nitrogens with zero attached hydrogens (tertiary/aromatic N) is 1. The summed E-state index contributed by atoms with van der Waals surface area (Å²) in [7, 11) is 3.19. The average molecular weight is 388 g/mol. The highest BCUT2D eigenvalue weighted by molar-refractivity contribution is 7.98. The van der Waals surface area contributed by atoms with Gasteiger partial charge in [0.2, 0.25) is 0 Å². The van der Waals surface area contributed by atoms with Gasteiger partial charge in [-0.3, -0.25) is 4.79 Å². The van der Waals surface area contributed by atoms with E-state index in [2.05, 4.69) is 30.5 Å². The zero-order valence-corrected chi connectivity index (χ0v) is 17.0. The molecule has 3 rings (SSSR count). The first kappa shape index (κ1) is 19.6. The zero-order chi connectivity index (χ0) is 19.2. The molecule has 0 aliphatic carbocycles. The van der Waals surface area contributed by atoms with Crippen LogP contribution in [0.5, 0.6) is 11.5 Å². The summed E-state index contributed by atoms with van der Waals surface area (Å²) in [5.74, 6) is 1.31. The summed E-state index contributed by atoms with van der Waals surface area (Å²) in [6.07, 6.45) is 2.09. The van der Waals surface area contributed by atoms with Crippen LogP contribution < -0.4 is 14.4 Å². The van der Waals surface area contributed by atoms with E-state index in [0.29, 0.717) is 17.1 Å². The lowest BCUT2D eigenvalue weighted by molar-refractivity contribution is -0.917. The van der Waals surface area contributed by atoms with Crippen LogP contribution in [-0.4, -0.2) is 57.5 Å². The van der Waals surface area contributed by atoms with Crippen LogP contribution >= 0.6 is 11.8 Å². The van der Waals surface area contributed by atoms with E-state index in [9.17, 15) is 4.79 Å². The van der Waals surface area contributed by atoms with Gasteiger partial charge < -0.3 is 19.3 Å². The molecule has 1 saturated heterocycles. The van der Waals surface area contributed by atoms with Crippen molar-refractivity contribution < 1.29 is 19.2 Å². The van der Waals surface area contributed by atoms with Crippen LogP contribution in [0.25, 0.3) is 0 Å². The molecule has 1 aliphatic rings. The van der Waals surface area contributed by atoms with Crippen LogP contribution in [0.3, 0.4) is 0 Å².